The van der Waals surface area contributed by atoms with Gasteiger partial charge in [-0.3, -0.25) is 14.4 Å². The van der Waals surface area contributed by atoms with Crippen LogP contribution in [0.3, 0.4) is 0 Å². The molecule has 0 radical (unpaired) electrons. The van der Waals surface area contributed by atoms with Gasteiger partial charge in [-0.1, -0.05) is 6.07 Å². The van der Waals surface area contributed by atoms with Gasteiger partial charge in [0.1, 0.15) is 11.6 Å². The second kappa shape index (κ2) is 12.8. The maximum Gasteiger partial charge on any atom is 0.245 e. The monoisotopic (exact) mass is 582 g/mol. The molecule has 6 rings (SSSR count). The van der Waals surface area contributed by atoms with Gasteiger partial charge in [0, 0.05) is 25.9 Å². The van der Waals surface area contributed by atoms with E-state index >= 15 is 0 Å². The molecule has 4 N–H and O–H groups in total. The number of likely N-dealkylation sites (tertiary alicyclic amines) is 1. The van der Waals surface area contributed by atoms with E-state index in [-0.39, 0.29) is 24.1 Å². The fraction of sp³-hybridized carbons (Fsp3) is 0.727. The molecule has 232 valence electrons. The minimum absolute atomic E-state index is 0.0809. The molecular formula is C33H50N4O5. The molecule has 9 heteroatoms. The topological polar surface area (TPSA) is 123 Å². The Morgan fingerprint density at radius 3 is 2.33 bits per heavy atom. The third kappa shape index (κ3) is 6.56. The predicted molar refractivity (Wildman–Crippen MR) is 161 cm³/mol. The van der Waals surface area contributed by atoms with Crippen LogP contribution in [-0.2, 0) is 20.8 Å². The van der Waals surface area contributed by atoms with Crippen LogP contribution in [0.4, 0.5) is 0 Å². The van der Waals surface area contributed by atoms with Crippen LogP contribution in [-0.4, -0.2) is 68.1 Å². The summed E-state index contributed by atoms with van der Waals surface area (Å²) in [5, 5.41) is 6.00. The Kier molecular flexibility index (Phi) is 9.35. The minimum Gasteiger partial charge on any atom is -0.493 e. The summed E-state index contributed by atoms with van der Waals surface area (Å²) < 4.78 is 10.8. The van der Waals surface area contributed by atoms with Gasteiger partial charge in [-0.2, -0.15) is 0 Å². The van der Waals surface area contributed by atoms with Gasteiger partial charge in [0.25, 0.3) is 0 Å². The number of hydrogen-bond donors (Lipinski definition) is 3. The Balaban J connectivity index is 1.26. The van der Waals surface area contributed by atoms with Crippen LogP contribution in [0.1, 0.15) is 83.1 Å². The molecule has 0 spiro atoms. The van der Waals surface area contributed by atoms with Gasteiger partial charge in [0.05, 0.1) is 14.2 Å². The fourth-order valence-electron chi connectivity index (χ4n) is 8.88. The molecule has 4 saturated carbocycles. The van der Waals surface area contributed by atoms with Crippen LogP contribution < -0.4 is 25.8 Å². The molecule has 5 fully saturated rings. The van der Waals surface area contributed by atoms with Gasteiger partial charge < -0.3 is 30.7 Å². The molecule has 1 aromatic rings. The van der Waals surface area contributed by atoms with E-state index in [1.54, 1.807) is 32.1 Å². The second-order valence-corrected chi connectivity index (χ2v) is 13.7. The highest BCUT2D eigenvalue weighted by Crippen LogP contribution is 2.61. The number of rotatable bonds is 13. The zero-order chi connectivity index (χ0) is 29.9. The number of nitrogens with one attached hydrogen (secondary N) is 2. The van der Waals surface area contributed by atoms with E-state index < -0.39 is 11.6 Å². The van der Waals surface area contributed by atoms with Crippen LogP contribution in [0.15, 0.2) is 18.2 Å². The predicted octanol–water partition coefficient (Wildman–Crippen LogP) is 3.57. The summed E-state index contributed by atoms with van der Waals surface area (Å²) in [7, 11) is 3.14. The molecule has 1 saturated heterocycles. The Labute approximate surface area is 250 Å². The zero-order valence-electron chi connectivity index (χ0n) is 25.7. The lowest BCUT2D eigenvalue weighted by molar-refractivity contribution is -0.142. The van der Waals surface area contributed by atoms with E-state index in [9.17, 15) is 14.4 Å². The van der Waals surface area contributed by atoms with Crippen molar-refractivity contribution in [3.8, 4) is 11.5 Å². The van der Waals surface area contributed by atoms with Crippen LogP contribution in [0.25, 0.3) is 0 Å². The van der Waals surface area contributed by atoms with Gasteiger partial charge in [-0.05, 0) is 119 Å². The molecule has 1 aliphatic heterocycles. The average molecular weight is 583 g/mol. The average Bonchev–Trinajstić information content (AvgIpc) is 3.46. The fourth-order valence-corrected chi connectivity index (χ4v) is 8.88. The number of amides is 3. The summed E-state index contributed by atoms with van der Waals surface area (Å²) in [6, 6.07) is 4.93. The molecular weight excluding hydrogens is 532 g/mol. The summed E-state index contributed by atoms with van der Waals surface area (Å²) in [5.74, 6) is 3.25. The number of ether oxygens (including phenoxy) is 2. The third-order valence-electron chi connectivity index (χ3n) is 10.5. The van der Waals surface area contributed by atoms with Crippen LogP contribution in [0.2, 0.25) is 0 Å². The molecule has 1 aromatic carbocycles. The molecule has 2 atom stereocenters. The van der Waals surface area contributed by atoms with Gasteiger partial charge in [-0.15, -0.1) is 0 Å². The lowest BCUT2D eigenvalue weighted by Crippen LogP contribution is -2.61. The van der Waals surface area contributed by atoms with E-state index in [0.717, 1.165) is 36.2 Å². The Bertz CT molecular complexity index is 1120. The highest BCUT2D eigenvalue weighted by Gasteiger charge is 2.51. The number of carbonyl (C=O) groups is 3. The Morgan fingerprint density at radius 2 is 1.71 bits per heavy atom. The molecule has 3 amide bonds. The summed E-state index contributed by atoms with van der Waals surface area (Å²) in [5.41, 5.74) is 5.56. The van der Waals surface area contributed by atoms with Crippen molar-refractivity contribution in [1.29, 1.82) is 0 Å². The largest absolute Gasteiger partial charge is 0.493 e. The van der Waals surface area contributed by atoms with Crippen LogP contribution in [0, 0.1) is 23.2 Å². The van der Waals surface area contributed by atoms with E-state index in [0.29, 0.717) is 55.8 Å². The van der Waals surface area contributed by atoms with E-state index in [1.165, 1.54) is 38.5 Å². The molecule has 4 aliphatic carbocycles. The van der Waals surface area contributed by atoms with Crippen molar-refractivity contribution in [2.45, 2.75) is 95.6 Å². The first-order valence-electron chi connectivity index (χ1n) is 16.0. The molecule has 0 unspecified atom stereocenters. The lowest BCUT2D eigenvalue weighted by atomic mass is 9.48. The minimum atomic E-state index is -1.23. The number of benzene rings is 1. The zero-order valence-corrected chi connectivity index (χ0v) is 25.7. The summed E-state index contributed by atoms with van der Waals surface area (Å²) in [4.78, 5) is 42.6. The highest BCUT2D eigenvalue weighted by molar-refractivity contribution is 5.94. The molecule has 0 aromatic heterocycles. The van der Waals surface area contributed by atoms with Crippen molar-refractivity contribution in [3.63, 3.8) is 0 Å². The quantitative estimate of drug-likeness (QED) is 0.306. The number of methoxy groups -OCH3 is 2. The summed E-state index contributed by atoms with van der Waals surface area (Å²) in [6.07, 6.45) is 11.8. The van der Waals surface area contributed by atoms with Gasteiger partial charge in [-0.25, -0.2) is 0 Å². The van der Waals surface area contributed by atoms with Crippen molar-refractivity contribution < 1.29 is 23.9 Å². The molecule has 42 heavy (non-hydrogen) atoms. The normalized spacial score (nSPS) is 29.2. The van der Waals surface area contributed by atoms with Crippen molar-refractivity contribution in [2.75, 3.05) is 33.9 Å². The Morgan fingerprint density at radius 1 is 1.05 bits per heavy atom. The standard InChI is InChI=1S/C33H50N4O5/c1-32(31(40)35-12-5-11-34,18-22-7-8-27(41-2)28(17-22)42-3)36-30(39)26-6-4-13-37(26)29(38)9-10-33-19-23-14-24(20-33)16-25(15-23)21-33/h7-8,17,23-26H,4-6,9-16,18-21,34H2,1-3H3,(H,35,40)(H,36,39)/t23?,24?,25?,26-,32-,33?/m0/s1. The maximum absolute atomic E-state index is 13.8. The van der Waals surface area contributed by atoms with Crippen LogP contribution in [0.5, 0.6) is 11.5 Å². The molecule has 1 heterocycles. The smallest absolute Gasteiger partial charge is 0.245 e. The number of carbonyl (C=O) groups excluding carboxylic acids is 3. The number of nitrogens with two attached hydrogens (primary N) is 1. The summed E-state index contributed by atoms with van der Waals surface area (Å²) >= 11 is 0. The van der Waals surface area contributed by atoms with Gasteiger partial charge in [0.2, 0.25) is 17.7 Å². The van der Waals surface area contributed by atoms with Crippen molar-refractivity contribution >= 4 is 17.7 Å². The van der Waals surface area contributed by atoms with Gasteiger partial charge >= 0.3 is 0 Å². The Hall–Kier alpha value is -2.81. The van der Waals surface area contributed by atoms with E-state index in [1.807, 2.05) is 12.1 Å². The van der Waals surface area contributed by atoms with E-state index in [2.05, 4.69) is 10.6 Å². The molecule has 4 bridgehead atoms. The van der Waals surface area contributed by atoms with Crippen molar-refractivity contribution in [2.24, 2.45) is 28.9 Å². The number of nitrogens with zero attached hydrogens (tertiary/aromatic N) is 1. The highest BCUT2D eigenvalue weighted by atomic mass is 16.5. The lowest BCUT2D eigenvalue weighted by Gasteiger charge is -2.57. The SMILES string of the molecule is COc1ccc(C[C@](C)(NC(=O)[C@@H]2CCCN2C(=O)CCC23CC4CC(CC(C4)C2)C3)C(=O)NCCCN)cc1OC. The molecule has 5 aliphatic rings. The van der Waals surface area contributed by atoms with Crippen LogP contribution >= 0.6 is 0 Å². The first kappa shape index (κ1) is 30.6. The van der Waals surface area contributed by atoms with Gasteiger partial charge in [0.15, 0.2) is 11.5 Å². The second-order valence-electron chi connectivity index (χ2n) is 13.7. The van der Waals surface area contributed by atoms with E-state index in [4.69, 9.17) is 15.2 Å². The number of hydrogen-bond acceptors (Lipinski definition) is 6. The summed E-state index contributed by atoms with van der Waals surface area (Å²) in [6.45, 7) is 3.22. The third-order valence-corrected chi connectivity index (χ3v) is 10.5. The molecule has 9 nitrogen and oxygen atoms in total. The first-order valence-corrected chi connectivity index (χ1v) is 16.0. The van der Waals surface area contributed by atoms with Crippen molar-refractivity contribution in [1.82, 2.24) is 15.5 Å². The first-order chi connectivity index (χ1) is 20.2. The van der Waals surface area contributed by atoms with Crippen molar-refractivity contribution in [3.05, 3.63) is 23.8 Å². The maximum atomic E-state index is 13.8.